The number of ether oxygens (including phenoxy) is 4. The zero-order valence-corrected chi connectivity index (χ0v) is 13.8. The minimum atomic E-state index is 0.105. The molecule has 0 unspecified atom stereocenters. The molecular formula is C18H22O5. The Morgan fingerprint density at radius 3 is 2.57 bits per heavy atom. The molecule has 0 fully saturated rings. The lowest BCUT2D eigenvalue weighted by Gasteiger charge is -2.18. The smallest absolute Gasteiger partial charge is 0.188 e. The highest BCUT2D eigenvalue weighted by molar-refractivity contribution is 6.04. The Morgan fingerprint density at radius 1 is 1.09 bits per heavy atom. The molecule has 5 nitrogen and oxygen atoms in total. The van der Waals surface area contributed by atoms with Crippen molar-refractivity contribution in [3.05, 3.63) is 35.4 Å². The van der Waals surface area contributed by atoms with Crippen LogP contribution in [-0.2, 0) is 15.9 Å². The molecule has 0 saturated carbocycles. The fraction of sp³-hybridized carbons (Fsp3) is 0.389. The fourth-order valence-electron chi connectivity index (χ4n) is 2.51. The van der Waals surface area contributed by atoms with Crippen LogP contribution in [0.2, 0.25) is 0 Å². The molecule has 0 bridgehead atoms. The second-order valence-electron chi connectivity index (χ2n) is 5.00. The van der Waals surface area contributed by atoms with Crippen molar-refractivity contribution < 1.29 is 23.7 Å². The van der Waals surface area contributed by atoms with Crippen molar-refractivity contribution >= 4 is 17.1 Å². The Balaban J connectivity index is 2.63. The summed E-state index contributed by atoms with van der Waals surface area (Å²) < 4.78 is 21.6. The van der Waals surface area contributed by atoms with Gasteiger partial charge in [0.2, 0.25) is 0 Å². The van der Waals surface area contributed by atoms with Crippen LogP contribution < -0.4 is 9.47 Å². The SMILES string of the molecule is CCc1cccc2c(C=O)cc(OCCOC)c(OCOC)c12. The maximum atomic E-state index is 11.5. The quantitative estimate of drug-likeness (QED) is 0.404. The van der Waals surface area contributed by atoms with Crippen molar-refractivity contribution in [3.8, 4) is 11.5 Å². The number of aryl methyl sites for hydroxylation is 1. The zero-order valence-electron chi connectivity index (χ0n) is 13.8. The average molecular weight is 318 g/mol. The van der Waals surface area contributed by atoms with E-state index >= 15 is 0 Å². The van der Waals surface area contributed by atoms with E-state index in [0.717, 1.165) is 29.0 Å². The Hall–Kier alpha value is -2.11. The van der Waals surface area contributed by atoms with Crippen molar-refractivity contribution in [1.82, 2.24) is 0 Å². The van der Waals surface area contributed by atoms with Gasteiger partial charge in [-0.05, 0) is 23.4 Å². The maximum absolute atomic E-state index is 11.5. The predicted molar refractivity (Wildman–Crippen MR) is 88.6 cm³/mol. The summed E-state index contributed by atoms with van der Waals surface area (Å²) in [6, 6.07) is 7.58. The third kappa shape index (κ3) is 3.81. The highest BCUT2D eigenvalue weighted by Crippen LogP contribution is 2.40. The first-order valence-electron chi connectivity index (χ1n) is 7.54. The second kappa shape index (κ2) is 8.50. The molecule has 0 aliphatic rings. The van der Waals surface area contributed by atoms with Gasteiger partial charge in [0.05, 0.1) is 6.61 Å². The highest BCUT2D eigenvalue weighted by atomic mass is 16.7. The van der Waals surface area contributed by atoms with Gasteiger partial charge in [0.25, 0.3) is 0 Å². The van der Waals surface area contributed by atoms with Crippen molar-refractivity contribution in [3.63, 3.8) is 0 Å². The standard InChI is InChI=1S/C18H22O5/c1-4-13-6-5-7-15-14(11-19)10-16(22-9-8-20-2)18(17(13)15)23-12-21-3/h5-7,10-11H,4,8-9,12H2,1-3H3. The molecule has 0 aliphatic heterocycles. The largest absolute Gasteiger partial charge is 0.487 e. The summed E-state index contributed by atoms with van der Waals surface area (Å²) in [6.07, 6.45) is 1.66. The van der Waals surface area contributed by atoms with Gasteiger partial charge in [0, 0.05) is 25.2 Å². The number of carbonyl (C=O) groups excluding carboxylic acids is 1. The van der Waals surface area contributed by atoms with E-state index in [1.165, 1.54) is 0 Å². The van der Waals surface area contributed by atoms with Crippen LogP contribution in [0.15, 0.2) is 24.3 Å². The monoisotopic (exact) mass is 318 g/mol. The molecule has 0 radical (unpaired) electrons. The first-order valence-corrected chi connectivity index (χ1v) is 7.54. The summed E-state index contributed by atoms with van der Waals surface area (Å²) in [7, 11) is 3.17. The minimum Gasteiger partial charge on any atom is -0.487 e. The van der Waals surface area contributed by atoms with Crippen LogP contribution in [0.1, 0.15) is 22.8 Å². The number of aldehydes is 1. The number of hydrogen-bond acceptors (Lipinski definition) is 5. The molecular weight excluding hydrogens is 296 g/mol. The normalized spacial score (nSPS) is 10.7. The van der Waals surface area contributed by atoms with Crippen molar-refractivity contribution in [2.75, 3.05) is 34.2 Å². The van der Waals surface area contributed by atoms with Crippen LogP contribution in [0.3, 0.4) is 0 Å². The first kappa shape index (κ1) is 17.2. The van der Waals surface area contributed by atoms with E-state index in [1.807, 2.05) is 18.2 Å². The number of hydrogen-bond donors (Lipinski definition) is 0. The highest BCUT2D eigenvalue weighted by Gasteiger charge is 2.17. The summed E-state index contributed by atoms with van der Waals surface area (Å²) in [5.41, 5.74) is 1.67. The van der Waals surface area contributed by atoms with Gasteiger partial charge in [-0.2, -0.15) is 0 Å². The zero-order chi connectivity index (χ0) is 16.7. The number of fused-ring (bicyclic) bond motifs is 1. The van der Waals surface area contributed by atoms with Gasteiger partial charge >= 0.3 is 0 Å². The molecule has 23 heavy (non-hydrogen) atoms. The third-order valence-electron chi connectivity index (χ3n) is 3.57. The second-order valence-corrected chi connectivity index (χ2v) is 5.00. The molecule has 0 atom stereocenters. The lowest BCUT2D eigenvalue weighted by Crippen LogP contribution is -2.08. The predicted octanol–water partition coefficient (Wildman–Crippen LogP) is 3.22. The van der Waals surface area contributed by atoms with E-state index < -0.39 is 0 Å². The fourth-order valence-corrected chi connectivity index (χ4v) is 2.51. The molecule has 2 aromatic carbocycles. The van der Waals surface area contributed by atoms with Crippen molar-refractivity contribution in [1.29, 1.82) is 0 Å². The van der Waals surface area contributed by atoms with E-state index in [-0.39, 0.29) is 6.79 Å². The van der Waals surface area contributed by atoms with Crippen LogP contribution >= 0.6 is 0 Å². The van der Waals surface area contributed by atoms with Gasteiger partial charge in [0.15, 0.2) is 24.6 Å². The molecule has 5 heteroatoms. The Labute approximate surface area is 136 Å². The van der Waals surface area contributed by atoms with E-state index in [9.17, 15) is 4.79 Å². The summed E-state index contributed by atoms with van der Waals surface area (Å²) in [4.78, 5) is 11.5. The van der Waals surface area contributed by atoms with E-state index in [1.54, 1.807) is 20.3 Å². The molecule has 0 amide bonds. The Morgan fingerprint density at radius 2 is 1.91 bits per heavy atom. The van der Waals surface area contributed by atoms with Gasteiger partial charge in [-0.15, -0.1) is 0 Å². The summed E-state index contributed by atoms with van der Waals surface area (Å²) >= 11 is 0. The number of carbonyl (C=O) groups is 1. The van der Waals surface area contributed by atoms with Gasteiger partial charge in [-0.25, -0.2) is 0 Å². The summed E-state index contributed by atoms with van der Waals surface area (Å²) in [5.74, 6) is 1.12. The molecule has 2 aromatic rings. The minimum absolute atomic E-state index is 0.105. The van der Waals surface area contributed by atoms with E-state index in [0.29, 0.717) is 30.3 Å². The van der Waals surface area contributed by atoms with Crippen molar-refractivity contribution in [2.45, 2.75) is 13.3 Å². The molecule has 2 rings (SSSR count). The Bertz CT molecular complexity index is 666. The van der Waals surface area contributed by atoms with Gasteiger partial charge in [-0.3, -0.25) is 4.79 Å². The van der Waals surface area contributed by atoms with Crippen LogP contribution in [0.4, 0.5) is 0 Å². The van der Waals surface area contributed by atoms with Crippen LogP contribution in [0.5, 0.6) is 11.5 Å². The first-order chi connectivity index (χ1) is 11.3. The number of rotatable bonds is 9. The molecule has 0 aromatic heterocycles. The lowest BCUT2D eigenvalue weighted by atomic mass is 9.97. The molecule has 0 N–H and O–H groups in total. The molecule has 0 aliphatic carbocycles. The van der Waals surface area contributed by atoms with Crippen molar-refractivity contribution in [2.24, 2.45) is 0 Å². The summed E-state index contributed by atoms with van der Waals surface area (Å²) in [5, 5.41) is 1.74. The number of methoxy groups -OCH3 is 2. The number of benzene rings is 2. The average Bonchev–Trinajstić information content (AvgIpc) is 2.59. The molecule has 124 valence electrons. The molecule has 0 saturated heterocycles. The van der Waals surface area contributed by atoms with E-state index in [4.69, 9.17) is 18.9 Å². The molecule has 0 heterocycles. The van der Waals surface area contributed by atoms with Gasteiger partial charge in [-0.1, -0.05) is 25.1 Å². The van der Waals surface area contributed by atoms with E-state index in [2.05, 4.69) is 6.92 Å². The Kier molecular flexibility index (Phi) is 6.38. The van der Waals surface area contributed by atoms with Gasteiger partial charge < -0.3 is 18.9 Å². The van der Waals surface area contributed by atoms with Crippen LogP contribution in [0, 0.1) is 0 Å². The van der Waals surface area contributed by atoms with Crippen LogP contribution in [0.25, 0.3) is 10.8 Å². The van der Waals surface area contributed by atoms with Crippen LogP contribution in [-0.4, -0.2) is 40.5 Å². The molecule has 0 spiro atoms. The third-order valence-corrected chi connectivity index (χ3v) is 3.57. The summed E-state index contributed by atoms with van der Waals surface area (Å²) in [6.45, 7) is 2.99. The lowest BCUT2D eigenvalue weighted by molar-refractivity contribution is 0.0489. The maximum Gasteiger partial charge on any atom is 0.188 e. The van der Waals surface area contributed by atoms with Gasteiger partial charge in [0.1, 0.15) is 6.61 Å². The topological polar surface area (TPSA) is 54.0 Å².